The molecule has 1 aliphatic rings. The third-order valence-electron chi connectivity index (χ3n) is 7.13. The molecule has 3 heterocycles. The first-order valence-electron chi connectivity index (χ1n) is 12.6. The normalized spacial score (nSPS) is 17.7. The minimum absolute atomic E-state index is 0.0364. The van der Waals surface area contributed by atoms with Crippen LogP contribution in [0.2, 0.25) is 0 Å². The van der Waals surface area contributed by atoms with Crippen molar-refractivity contribution in [3.63, 3.8) is 0 Å². The fraction of sp³-hybridized carbons (Fsp3) is 0.357. The van der Waals surface area contributed by atoms with Crippen LogP contribution in [0.3, 0.4) is 0 Å². The Kier molecular flexibility index (Phi) is 7.43. The van der Waals surface area contributed by atoms with Gasteiger partial charge in [0.05, 0.1) is 23.5 Å². The monoisotopic (exact) mass is 501 g/mol. The topological polar surface area (TPSA) is 122 Å². The Labute approximate surface area is 215 Å². The van der Waals surface area contributed by atoms with E-state index in [2.05, 4.69) is 15.4 Å². The number of rotatable bonds is 9. The number of carboxylic acid groups (broad SMARTS) is 1. The highest BCUT2D eigenvalue weighted by Crippen LogP contribution is 2.39. The van der Waals surface area contributed by atoms with Crippen molar-refractivity contribution >= 4 is 17.4 Å². The summed E-state index contributed by atoms with van der Waals surface area (Å²) in [7, 11) is 1.61. The SMILES string of the molecule is COCNc1c(CCO)c(C2CCC(C(=O)O)CC2)nc2c(-c3ccc(-c4ccccc4)nc3)cnn12. The van der Waals surface area contributed by atoms with Gasteiger partial charge in [-0.05, 0) is 31.7 Å². The largest absolute Gasteiger partial charge is 0.481 e. The van der Waals surface area contributed by atoms with E-state index in [1.807, 2.05) is 48.7 Å². The molecule has 0 saturated heterocycles. The smallest absolute Gasteiger partial charge is 0.306 e. The molecule has 0 atom stereocenters. The van der Waals surface area contributed by atoms with Gasteiger partial charge < -0.3 is 20.3 Å². The van der Waals surface area contributed by atoms with Crippen LogP contribution in [0.4, 0.5) is 5.82 Å². The second-order valence-electron chi connectivity index (χ2n) is 9.39. The van der Waals surface area contributed by atoms with Crippen LogP contribution >= 0.6 is 0 Å². The van der Waals surface area contributed by atoms with E-state index in [1.165, 1.54) is 0 Å². The van der Waals surface area contributed by atoms with Crippen molar-refractivity contribution < 1.29 is 19.7 Å². The molecule has 5 rings (SSSR count). The van der Waals surface area contributed by atoms with Crippen molar-refractivity contribution in [2.45, 2.75) is 38.0 Å². The Balaban J connectivity index is 1.58. The van der Waals surface area contributed by atoms with E-state index in [1.54, 1.807) is 17.8 Å². The number of carbonyl (C=O) groups is 1. The number of ether oxygens (including phenoxy) is 1. The van der Waals surface area contributed by atoms with E-state index in [-0.39, 0.29) is 25.2 Å². The summed E-state index contributed by atoms with van der Waals surface area (Å²) in [4.78, 5) is 21.3. The summed E-state index contributed by atoms with van der Waals surface area (Å²) in [5.41, 5.74) is 6.14. The Morgan fingerprint density at radius 2 is 1.86 bits per heavy atom. The summed E-state index contributed by atoms with van der Waals surface area (Å²) in [5, 5.41) is 27.3. The van der Waals surface area contributed by atoms with Crippen molar-refractivity contribution in [3.8, 4) is 22.4 Å². The molecule has 192 valence electrons. The van der Waals surface area contributed by atoms with Crippen LogP contribution in [-0.4, -0.2) is 56.2 Å². The van der Waals surface area contributed by atoms with E-state index in [0.29, 0.717) is 24.9 Å². The van der Waals surface area contributed by atoms with E-state index in [4.69, 9.17) is 9.72 Å². The van der Waals surface area contributed by atoms with Gasteiger partial charge in [-0.15, -0.1) is 0 Å². The Morgan fingerprint density at radius 3 is 2.51 bits per heavy atom. The number of aliphatic carboxylic acids is 1. The summed E-state index contributed by atoms with van der Waals surface area (Å²) in [5.74, 6) is -0.209. The number of nitrogens with one attached hydrogen (secondary N) is 1. The molecule has 0 spiro atoms. The fourth-order valence-corrected chi connectivity index (χ4v) is 5.21. The van der Waals surface area contributed by atoms with E-state index in [0.717, 1.165) is 52.3 Å². The standard InChI is InChI=1S/C28H31N5O4/c1-37-17-30-26-22(13-14-34)25(19-7-9-20(10-8-19)28(35)36)32-27-23(16-31-33(26)27)21-11-12-24(29-15-21)18-5-3-2-4-6-18/h2-6,11-12,15-16,19-20,30,34H,7-10,13-14,17H2,1H3,(H,35,36). The third-order valence-corrected chi connectivity index (χ3v) is 7.13. The molecule has 0 amide bonds. The van der Waals surface area contributed by atoms with Crippen molar-refractivity contribution in [1.82, 2.24) is 19.6 Å². The van der Waals surface area contributed by atoms with Crippen molar-refractivity contribution in [1.29, 1.82) is 0 Å². The van der Waals surface area contributed by atoms with Crippen molar-refractivity contribution in [3.05, 3.63) is 66.1 Å². The predicted octanol–water partition coefficient (Wildman–Crippen LogP) is 4.37. The molecule has 3 aromatic heterocycles. The van der Waals surface area contributed by atoms with E-state index in [9.17, 15) is 15.0 Å². The lowest BCUT2D eigenvalue weighted by molar-refractivity contribution is -0.142. The molecule has 4 aromatic rings. The molecule has 1 saturated carbocycles. The van der Waals surface area contributed by atoms with Crippen LogP contribution in [0.5, 0.6) is 0 Å². The minimum atomic E-state index is -0.732. The van der Waals surface area contributed by atoms with Crippen LogP contribution < -0.4 is 5.32 Å². The number of hydrogen-bond donors (Lipinski definition) is 3. The third kappa shape index (κ3) is 5.05. The van der Waals surface area contributed by atoms with Crippen LogP contribution in [0.15, 0.2) is 54.9 Å². The van der Waals surface area contributed by atoms with E-state index >= 15 is 0 Å². The number of aromatic nitrogens is 4. The van der Waals surface area contributed by atoms with Gasteiger partial charge in [-0.2, -0.15) is 9.61 Å². The van der Waals surface area contributed by atoms with Crippen LogP contribution in [-0.2, 0) is 16.0 Å². The average Bonchev–Trinajstić information content (AvgIpc) is 3.36. The second kappa shape index (κ2) is 11.1. The van der Waals surface area contributed by atoms with Crippen LogP contribution in [0, 0.1) is 5.92 Å². The maximum atomic E-state index is 11.5. The molecule has 0 aliphatic heterocycles. The molecule has 1 aromatic carbocycles. The highest BCUT2D eigenvalue weighted by atomic mass is 16.5. The minimum Gasteiger partial charge on any atom is -0.481 e. The van der Waals surface area contributed by atoms with Gasteiger partial charge in [0.25, 0.3) is 0 Å². The highest BCUT2D eigenvalue weighted by molar-refractivity contribution is 5.79. The summed E-state index contributed by atoms with van der Waals surface area (Å²) >= 11 is 0. The lowest BCUT2D eigenvalue weighted by Gasteiger charge is -2.28. The Morgan fingerprint density at radius 1 is 1.08 bits per heavy atom. The van der Waals surface area contributed by atoms with Crippen molar-refractivity contribution in [2.75, 3.05) is 25.8 Å². The zero-order valence-electron chi connectivity index (χ0n) is 20.8. The number of benzene rings is 1. The van der Waals surface area contributed by atoms with E-state index < -0.39 is 5.97 Å². The summed E-state index contributed by atoms with van der Waals surface area (Å²) < 4.78 is 7.05. The number of aliphatic hydroxyl groups excluding tert-OH is 1. The number of hydrogen-bond acceptors (Lipinski definition) is 7. The number of methoxy groups -OCH3 is 1. The van der Waals surface area contributed by atoms with Gasteiger partial charge in [0, 0.05) is 54.5 Å². The summed E-state index contributed by atoms with van der Waals surface area (Å²) in [6, 6.07) is 14.0. The number of fused-ring (bicyclic) bond motifs is 1. The number of anilines is 1. The first kappa shape index (κ1) is 24.9. The van der Waals surface area contributed by atoms with Gasteiger partial charge in [0.1, 0.15) is 12.5 Å². The molecule has 37 heavy (non-hydrogen) atoms. The van der Waals surface area contributed by atoms with Crippen LogP contribution in [0.25, 0.3) is 28.0 Å². The number of aliphatic hydroxyl groups is 1. The Bertz CT molecular complexity index is 1360. The number of pyridine rings is 1. The van der Waals surface area contributed by atoms with Gasteiger partial charge in [-0.1, -0.05) is 36.4 Å². The summed E-state index contributed by atoms with van der Waals surface area (Å²) in [6.45, 7) is 0.233. The van der Waals surface area contributed by atoms with Gasteiger partial charge in [0.2, 0.25) is 0 Å². The van der Waals surface area contributed by atoms with Gasteiger partial charge in [0.15, 0.2) is 5.65 Å². The maximum Gasteiger partial charge on any atom is 0.306 e. The number of carboxylic acids is 1. The zero-order chi connectivity index (χ0) is 25.8. The van der Waals surface area contributed by atoms with Gasteiger partial charge in [-0.25, -0.2) is 4.98 Å². The zero-order valence-corrected chi connectivity index (χ0v) is 20.8. The lowest BCUT2D eigenvalue weighted by atomic mass is 9.79. The molecule has 0 radical (unpaired) electrons. The second-order valence-corrected chi connectivity index (χ2v) is 9.39. The maximum absolute atomic E-state index is 11.5. The molecule has 1 aliphatic carbocycles. The molecule has 0 unspecified atom stereocenters. The number of nitrogens with zero attached hydrogens (tertiary/aromatic N) is 4. The van der Waals surface area contributed by atoms with Gasteiger partial charge >= 0.3 is 5.97 Å². The molecule has 3 N–H and O–H groups in total. The average molecular weight is 502 g/mol. The molecule has 0 bridgehead atoms. The van der Waals surface area contributed by atoms with Crippen molar-refractivity contribution in [2.24, 2.45) is 5.92 Å². The molecule has 9 heteroatoms. The van der Waals surface area contributed by atoms with Crippen LogP contribution in [0.1, 0.15) is 42.9 Å². The lowest BCUT2D eigenvalue weighted by Crippen LogP contribution is -2.23. The van der Waals surface area contributed by atoms with Gasteiger partial charge in [-0.3, -0.25) is 9.78 Å². The first-order chi connectivity index (χ1) is 18.1. The predicted molar refractivity (Wildman–Crippen MR) is 140 cm³/mol. The molecule has 1 fully saturated rings. The molecular weight excluding hydrogens is 470 g/mol. The first-order valence-corrected chi connectivity index (χ1v) is 12.6. The fourth-order valence-electron chi connectivity index (χ4n) is 5.21. The quantitative estimate of drug-likeness (QED) is 0.289. The summed E-state index contributed by atoms with van der Waals surface area (Å²) in [6.07, 6.45) is 6.73. The highest BCUT2D eigenvalue weighted by Gasteiger charge is 2.31. The molecular formula is C28H31N5O4. The Hall–Kier alpha value is -3.82. The molecule has 9 nitrogen and oxygen atoms in total.